The van der Waals surface area contributed by atoms with Crippen LogP contribution < -0.4 is 0 Å². The van der Waals surface area contributed by atoms with Crippen LogP contribution in [0.15, 0.2) is 4.47 Å². The first-order chi connectivity index (χ1) is 6.43. The molecule has 0 amide bonds. The maximum atomic E-state index is 10.6. The number of carbonyl (C=O) groups excluding carboxylic acids is 1. The maximum absolute atomic E-state index is 10.6. The van der Waals surface area contributed by atoms with Gasteiger partial charge >= 0.3 is 5.82 Å². The van der Waals surface area contributed by atoms with Crippen LogP contribution in [-0.4, -0.2) is 19.9 Å². The molecule has 0 fully saturated rings. The van der Waals surface area contributed by atoms with E-state index >= 15 is 0 Å². The van der Waals surface area contributed by atoms with Crippen LogP contribution in [0.5, 0.6) is 0 Å². The molecule has 1 heterocycles. The highest BCUT2D eigenvalue weighted by Gasteiger charge is 2.23. The Labute approximate surface area is 92.1 Å². The number of nitro groups is 1. The van der Waals surface area contributed by atoms with Gasteiger partial charge in [0.15, 0.2) is 0 Å². The molecule has 1 rings (SSSR count). The summed E-state index contributed by atoms with van der Waals surface area (Å²) in [6, 6.07) is 0. The largest absolute Gasteiger partial charge is 0.404 e. The van der Waals surface area contributed by atoms with E-state index in [2.05, 4.69) is 21.0 Å². The summed E-state index contributed by atoms with van der Waals surface area (Å²) in [5.74, 6) is -0.319. The fourth-order valence-electron chi connectivity index (χ4n) is 0.897. The van der Waals surface area contributed by atoms with Crippen LogP contribution in [0.25, 0.3) is 0 Å². The van der Waals surface area contributed by atoms with Crippen LogP contribution in [0.1, 0.15) is 5.69 Å². The predicted octanol–water partition coefficient (Wildman–Crippen LogP) is 1.63. The summed E-state index contributed by atoms with van der Waals surface area (Å²) < 4.78 is 1.44. The first-order valence-electron chi connectivity index (χ1n) is 3.49. The number of halogens is 2. The van der Waals surface area contributed by atoms with Crippen molar-refractivity contribution in [2.24, 2.45) is 0 Å². The Balaban J connectivity index is 3.15. The summed E-state index contributed by atoms with van der Waals surface area (Å²) in [6.45, 7) is 1.42. The van der Waals surface area contributed by atoms with Crippen LogP contribution >= 0.6 is 27.5 Å². The molecule has 1 aromatic heterocycles. The van der Waals surface area contributed by atoms with Gasteiger partial charge in [0.1, 0.15) is 11.0 Å². The van der Waals surface area contributed by atoms with Crippen molar-refractivity contribution in [3.8, 4) is 0 Å². The average Bonchev–Trinajstić information content (AvgIpc) is 2.32. The van der Waals surface area contributed by atoms with Gasteiger partial charge < -0.3 is 10.1 Å². The second kappa shape index (κ2) is 4.05. The van der Waals surface area contributed by atoms with E-state index in [0.717, 1.165) is 0 Å². The van der Waals surface area contributed by atoms with Crippen LogP contribution in [0, 0.1) is 17.0 Å². The molecule has 14 heavy (non-hydrogen) atoms. The second-order valence-electron chi connectivity index (χ2n) is 2.49. The number of hydrogen-bond acceptors (Lipinski definition) is 4. The van der Waals surface area contributed by atoms with E-state index < -0.39 is 10.2 Å². The Hall–Kier alpha value is -0.950. The molecule has 0 bridgehead atoms. The number of rotatable bonds is 3. The van der Waals surface area contributed by atoms with E-state index in [0.29, 0.717) is 5.69 Å². The van der Waals surface area contributed by atoms with Crippen molar-refractivity contribution < 1.29 is 9.72 Å². The summed E-state index contributed by atoms with van der Waals surface area (Å²) in [4.78, 5) is 20.4. The standard InChI is InChI=1S/C6H5BrClN3O3/c1-3-5(7)6(11(13)14)9-10(3)2-4(8)12/h2H2,1H3. The normalized spacial score (nSPS) is 10.2. The average molecular weight is 282 g/mol. The Kier molecular flexibility index (Phi) is 3.22. The van der Waals surface area contributed by atoms with Crippen molar-refractivity contribution in [1.82, 2.24) is 9.78 Å². The van der Waals surface area contributed by atoms with Crippen LogP contribution in [0.4, 0.5) is 5.82 Å². The molecule has 0 aliphatic carbocycles. The van der Waals surface area contributed by atoms with Gasteiger partial charge in [0.25, 0.3) is 0 Å². The lowest BCUT2D eigenvalue weighted by molar-refractivity contribution is -0.390. The van der Waals surface area contributed by atoms with Gasteiger partial charge in [-0.05, 0) is 39.4 Å². The molecule has 0 aromatic carbocycles. The van der Waals surface area contributed by atoms with Crippen molar-refractivity contribution in [3.05, 3.63) is 20.3 Å². The lowest BCUT2D eigenvalue weighted by Crippen LogP contribution is -2.07. The molecule has 0 N–H and O–H groups in total. The van der Waals surface area contributed by atoms with Gasteiger partial charge in [0.05, 0.1) is 10.8 Å². The molecule has 6 nitrogen and oxygen atoms in total. The monoisotopic (exact) mass is 281 g/mol. The lowest BCUT2D eigenvalue weighted by Gasteiger charge is -1.92. The molecule has 0 unspecified atom stereocenters. The summed E-state index contributed by atoms with van der Waals surface area (Å²) in [5.41, 5.74) is 0.491. The van der Waals surface area contributed by atoms with Gasteiger partial charge in [-0.1, -0.05) is 0 Å². The molecular weight excluding hydrogens is 277 g/mol. The number of carbonyl (C=O) groups is 1. The molecular formula is C6H5BrClN3O3. The number of hydrogen-bond donors (Lipinski definition) is 0. The molecule has 0 atom stereocenters. The Morgan fingerprint density at radius 3 is 2.71 bits per heavy atom. The van der Waals surface area contributed by atoms with Gasteiger partial charge in [0.2, 0.25) is 5.24 Å². The third-order valence-electron chi connectivity index (χ3n) is 1.56. The van der Waals surface area contributed by atoms with E-state index in [1.54, 1.807) is 6.92 Å². The Morgan fingerprint density at radius 2 is 2.36 bits per heavy atom. The van der Waals surface area contributed by atoms with E-state index in [-0.39, 0.29) is 16.8 Å². The third kappa shape index (κ3) is 2.10. The van der Waals surface area contributed by atoms with Crippen molar-refractivity contribution in [3.63, 3.8) is 0 Å². The van der Waals surface area contributed by atoms with Gasteiger partial charge in [-0.2, -0.15) is 4.68 Å². The zero-order valence-corrected chi connectivity index (χ0v) is 9.37. The Morgan fingerprint density at radius 1 is 1.79 bits per heavy atom. The molecule has 0 aliphatic rings. The van der Waals surface area contributed by atoms with Gasteiger partial charge in [-0.25, -0.2) is 0 Å². The summed E-state index contributed by atoms with van der Waals surface area (Å²) >= 11 is 8.15. The molecule has 0 saturated carbocycles. The van der Waals surface area contributed by atoms with Crippen LogP contribution in [0.2, 0.25) is 0 Å². The minimum atomic E-state index is -0.633. The van der Waals surface area contributed by atoms with E-state index in [9.17, 15) is 14.9 Å². The summed E-state index contributed by atoms with van der Waals surface area (Å²) in [6.07, 6.45) is 0. The highest BCUT2D eigenvalue weighted by atomic mass is 79.9. The molecule has 8 heteroatoms. The summed E-state index contributed by atoms with van der Waals surface area (Å²) in [7, 11) is 0. The van der Waals surface area contributed by atoms with E-state index in [4.69, 9.17) is 11.6 Å². The van der Waals surface area contributed by atoms with Crippen molar-refractivity contribution >= 4 is 38.6 Å². The molecule has 76 valence electrons. The maximum Gasteiger partial charge on any atom is 0.404 e. The fourth-order valence-corrected chi connectivity index (χ4v) is 1.44. The fraction of sp³-hybridized carbons (Fsp3) is 0.333. The molecule has 0 spiro atoms. The number of aromatic nitrogens is 2. The Bertz CT molecular complexity index is 403. The highest BCUT2D eigenvalue weighted by Crippen LogP contribution is 2.26. The van der Waals surface area contributed by atoms with E-state index in [1.165, 1.54) is 4.68 Å². The predicted molar refractivity (Wildman–Crippen MR) is 52.2 cm³/mol. The zero-order chi connectivity index (χ0) is 10.9. The SMILES string of the molecule is Cc1c(Br)c([N+](=O)[O-])nn1CC(=O)Cl. The topological polar surface area (TPSA) is 78.0 Å². The lowest BCUT2D eigenvalue weighted by atomic mass is 10.4. The zero-order valence-electron chi connectivity index (χ0n) is 7.03. The van der Waals surface area contributed by atoms with Crippen LogP contribution in [-0.2, 0) is 11.3 Å². The number of nitrogens with zero attached hydrogens (tertiary/aromatic N) is 3. The second-order valence-corrected chi connectivity index (χ2v) is 3.71. The molecule has 1 aromatic rings. The molecule has 0 radical (unpaired) electrons. The molecule has 0 aliphatic heterocycles. The van der Waals surface area contributed by atoms with E-state index in [1.807, 2.05) is 0 Å². The quantitative estimate of drug-likeness (QED) is 0.479. The minimum absolute atomic E-state index is 0.181. The van der Waals surface area contributed by atoms with Crippen molar-refractivity contribution in [1.29, 1.82) is 0 Å². The van der Waals surface area contributed by atoms with Crippen LogP contribution in [0.3, 0.4) is 0 Å². The first kappa shape index (κ1) is 11.1. The first-order valence-corrected chi connectivity index (χ1v) is 4.66. The highest BCUT2D eigenvalue weighted by molar-refractivity contribution is 9.10. The minimum Gasteiger partial charge on any atom is -0.358 e. The van der Waals surface area contributed by atoms with Crippen molar-refractivity contribution in [2.75, 3.05) is 0 Å². The molecule has 0 saturated heterocycles. The van der Waals surface area contributed by atoms with Crippen molar-refractivity contribution in [2.45, 2.75) is 13.5 Å². The van der Waals surface area contributed by atoms with Gasteiger partial charge in [-0.3, -0.25) is 4.79 Å². The summed E-state index contributed by atoms with van der Waals surface area (Å²) in [5, 5.41) is 13.4. The smallest absolute Gasteiger partial charge is 0.358 e. The van der Waals surface area contributed by atoms with Gasteiger partial charge in [0, 0.05) is 0 Å². The third-order valence-corrected chi connectivity index (χ3v) is 2.61. The van der Waals surface area contributed by atoms with Gasteiger partial charge in [-0.15, -0.1) is 0 Å².